The van der Waals surface area contributed by atoms with Crippen LogP contribution in [-0.2, 0) is 6.54 Å². The number of rotatable bonds is 4. The molecule has 1 N–H and O–H groups in total. The molecule has 0 atom stereocenters. The van der Waals surface area contributed by atoms with E-state index in [0.717, 1.165) is 35.8 Å². The van der Waals surface area contributed by atoms with Crippen LogP contribution in [0, 0.1) is 13.8 Å². The van der Waals surface area contributed by atoms with Gasteiger partial charge in [-0.2, -0.15) is 0 Å². The normalized spacial score (nSPS) is 14.5. The van der Waals surface area contributed by atoms with E-state index in [9.17, 15) is 4.79 Å². The van der Waals surface area contributed by atoms with E-state index >= 15 is 0 Å². The maximum atomic E-state index is 12.7. The first kappa shape index (κ1) is 22.4. The quantitative estimate of drug-likeness (QED) is 0.450. The van der Waals surface area contributed by atoms with E-state index in [-0.39, 0.29) is 6.03 Å². The number of piperazine rings is 1. The fourth-order valence-electron chi connectivity index (χ4n) is 4.48. The van der Waals surface area contributed by atoms with Gasteiger partial charge in [0, 0.05) is 38.1 Å². The summed E-state index contributed by atoms with van der Waals surface area (Å²) in [6, 6.07) is 17.6. The maximum Gasteiger partial charge on any atom is 0.321 e. The lowest BCUT2D eigenvalue weighted by Gasteiger charge is -2.34. The topological polar surface area (TPSA) is 66.3 Å². The molecule has 2 amide bonds. The summed E-state index contributed by atoms with van der Waals surface area (Å²) < 4.78 is 2.16. The first-order valence-corrected chi connectivity index (χ1v) is 11.8. The van der Waals surface area contributed by atoms with Gasteiger partial charge in [-0.1, -0.05) is 29.8 Å². The summed E-state index contributed by atoms with van der Waals surface area (Å²) in [5.74, 6) is 0.952. The highest BCUT2D eigenvalue weighted by molar-refractivity contribution is 6.33. The van der Waals surface area contributed by atoms with Gasteiger partial charge in [0.2, 0.25) is 0 Å². The minimum absolute atomic E-state index is 0.126. The van der Waals surface area contributed by atoms with Gasteiger partial charge in [0.1, 0.15) is 11.3 Å². The molecule has 8 heteroatoms. The molecule has 2 aromatic carbocycles. The van der Waals surface area contributed by atoms with Crippen LogP contribution in [0.25, 0.3) is 16.9 Å². The van der Waals surface area contributed by atoms with Crippen molar-refractivity contribution in [3.05, 3.63) is 82.8 Å². The summed E-state index contributed by atoms with van der Waals surface area (Å²) in [5, 5.41) is 3.45. The molecule has 2 aromatic heterocycles. The lowest BCUT2D eigenvalue weighted by molar-refractivity contribution is 0.140. The molecule has 1 aliphatic heterocycles. The third-order valence-electron chi connectivity index (χ3n) is 6.09. The Hall–Kier alpha value is -3.42. The van der Waals surface area contributed by atoms with Crippen LogP contribution in [0.4, 0.5) is 10.5 Å². The van der Waals surface area contributed by atoms with Crippen LogP contribution >= 0.6 is 11.6 Å². The molecular weight excluding hydrogens is 448 g/mol. The van der Waals surface area contributed by atoms with Crippen molar-refractivity contribution >= 4 is 34.5 Å². The average Bonchev–Trinajstić information content (AvgIpc) is 3.18. The molecule has 0 spiro atoms. The zero-order valence-electron chi connectivity index (χ0n) is 19.3. The predicted octanol–water partition coefficient (Wildman–Crippen LogP) is 5.04. The molecule has 4 aromatic rings. The highest BCUT2D eigenvalue weighted by atomic mass is 35.5. The second-order valence-corrected chi connectivity index (χ2v) is 9.14. The van der Waals surface area contributed by atoms with Gasteiger partial charge in [0.25, 0.3) is 0 Å². The Morgan fingerprint density at radius 3 is 2.47 bits per heavy atom. The Balaban J connectivity index is 1.32. The van der Waals surface area contributed by atoms with Gasteiger partial charge >= 0.3 is 6.03 Å². The fraction of sp³-hybridized carbons (Fsp3) is 0.269. The summed E-state index contributed by atoms with van der Waals surface area (Å²) in [6.07, 6.45) is 1.81. The number of carbonyl (C=O) groups excluding carboxylic acids is 1. The Bertz CT molecular complexity index is 1320. The monoisotopic (exact) mass is 474 g/mol. The number of benzene rings is 2. The first-order valence-electron chi connectivity index (χ1n) is 11.4. The van der Waals surface area contributed by atoms with E-state index in [0.29, 0.717) is 30.3 Å². The van der Waals surface area contributed by atoms with Gasteiger partial charge in [0.05, 0.1) is 17.3 Å². The van der Waals surface area contributed by atoms with Crippen molar-refractivity contribution in [2.45, 2.75) is 20.4 Å². The van der Waals surface area contributed by atoms with Crippen LogP contribution in [-0.4, -0.2) is 56.5 Å². The number of carbonyl (C=O) groups is 1. The number of nitrogens with one attached hydrogen (secondary N) is 1. The Kier molecular flexibility index (Phi) is 6.22. The third kappa shape index (κ3) is 4.62. The van der Waals surface area contributed by atoms with Crippen molar-refractivity contribution in [3.63, 3.8) is 0 Å². The smallest absolute Gasteiger partial charge is 0.321 e. The summed E-state index contributed by atoms with van der Waals surface area (Å²) in [4.78, 5) is 26.4. The van der Waals surface area contributed by atoms with E-state index in [1.54, 1.807) is 6.07 Å². The van der Waals surface area contributed by atoms with Gasteiger partial charge in [-0.05, 0) is 61.4 Å². The van der Waals surface area contributed by atoms with E-state index in [1.807, 2.05) is 41.4 Å². The summed E-state index contributed by atoms with van der Waals surface area (Å²) in [7, 11) is 0. The van der Waals surface area contributed by atoms with Crippen molar-refractivity contribution in [2.75, 3.05) is 31.5 Å². The summed E-state index contributed by atoms with van der Waals surface area (Å²) in [6.45, 7) is 7.70. The van der Waals surface area contributed by atoms with Gasteiger partial charge in [-0.3, -0.25) is 9.47 Å². The highest BCUT2D eigenvalue weighted by Crippen LogP contribution is 2.24. The van der Waals surface area contributed by atoms with E-state index in [4.69, 9.17) is 16.6 Å². The Labute approximate surface area is 204 Å². The number of imidazole rings is 1. The molecule has 0 aliphatic carbocycles. The van der Waals surface area contributed by atoms with Crippen molar-refractivity contribution in [1.82, 2.24) is 24.3 Å². The number of pyridine rings is 1. The second kappa shape index (κ2) is 9.44. The van der Waals surface area contributed by atoms with E-state index in [1.165, 1.54) is 11.1 Å². The van der Waals surface area contributed by atoms with Crippen molar-refractivity contribution in [2.24, 2.45) is 0 Å². The SMILES string of the molecule is Cc1cc(C)cc(-n2c(CN3CCN(C(=O)Nc4ccccc4Cl)CC3)nc3cccnc32)c1. The van der Waals surface area contributed by atoms with Crippen LogP contribution in [0.2, 0.25) is 5.02 Å². The van der Waals surface area contributed by atoms with Crippen molar-refractivity contribution < 1.29 is 4.79 Å². The van der Waals surface area contributed by atoms with E-state index in [2.05, 4.69) is 51.8 Å². The van der Waals surface area contributed by atoms with Gasteiger partial charge in [-0.15, -0.1) is 0 Å². The number of urea groups is 1. The first-order chi connectivity index (χ1) is 16.5. The number of fused-ring (bicyclic) bond motifs is 1. The molecule has 34 heavy (non-hydrogen) atoms. The van der Waals surface area contributed by atoms with Crippen LogP contribution in [0.5, 0.6) is 0 Å². The fourth-order valence-corrected chi connectivity index (χ4v) is 4.67. The molecule has 0 radical (unpaired) electrons. The number of amides is 2. The molecule has 1 aliphatic rings. The van der Waals surface area contributed by atoms with Crippen LogP contribution in [0.1, 0.15) is 17.0 Å². The third-order valence-corrected chi connectivity index (χ3v) is 6.42. The molecule has 174 valence electrons. The number of anilines is 1. The number of nitrogens with zero attached hydrogens (tertiary/aromatic N) is 5. The molecule has 0 saturated carbocycles. The Morgan fingerprint density at radius 1 is 1.00 bits per heavy atom. The van der Waals surface area contributed by atoms with Crippen LogP contribution < -0.4 is 5.32 Å². The zero-order chi connectivity index (χ0) is 23.7. The van der Waals surface area contributed by atoms with Crippen molar-refractivity contribution in [3.8, 4) is 5.69 Å². The standard InChI is InChI=1S/C26H27ClN6O/c1-18-14-19(2)16-20(15-18)33-24(29-23-8-5-9-28-25(23)33)17-31-10-12-32(13-11-31)26(34)30-22-7-4-3-6-21(22)27/h3-9,14-16H,10-13,17H2,1-2H3,(H,30,34). The summed E-state index contributed by atoms with van der Waals surface area (Å²) in [5.41, 5.74) is 5.86. The van der Waals surface area contributed by atoms with Gasteiger partial charge in [-0.25, -0.2) is 14.8 Å². The Morgan fingerprint density at radius 2 is 1.74 bits per heavy atom. The molecule has 7 nitrogen and oxygen atoms in total. The molecule has 3 heterocycles. The molecule has 0 unspecified atom stereocenters. The van der Waals surface area contributed by atoms with Gasteiger partial charge in [0.15, 0.2) is 5.65 Å². The number of aryl methyl sites for hydroxylation is 2. The van der Waals surface area contributed by atoms with E-state index < -0.39 is 0 Å². The lowest BCUT2D eigenvalue weighted by Crippen LogP contribution is -2.49. The minimum atomic E-state index is -0.126. The van der Waals surface area contributed by atoms with Crippen LogP contribution in [0.15, 0.2) is 60.8 Å². The number of para-hydroxylation sites is 1. The number of hydrogen-bond donors (Lipinski definition) is 1. The van der Waals surface area contributed by atoms with Crippen molar-refractivity contribution in [1.29, 1.82) is 0 Å². The molecular formula is C26H27ClN6O. The number of halogens is 1. The highest BCUT2D eigenvalue weighted by Gasteiger charge is 2.24. The second-order valence-electron chi connectivity index (χ2n) is 8.73. The lowest BCUT2D eigenvalue weighted by atomic mass is 10.1. The molecule has 5 rings (SSSR count). The maximum absolute atomic E-state index is 12.7. The average molecular weight is 475 g/mol. The number of hydrogen-bond acceptors (Lipinski definition) is 4. The number of aromatic nitrogens is 3. The molecule has 1 saturated heterocycles. The zero-order valence-corrected chi connectivity index (χ0v) is 20.1. The molecule has 1 fully saturated rings. The molecule has 0 bridgehead atoms. The predicted molar refractivity (Wildman–Crippen MR) is 136 cm³/mol. The van der Waals surface area contributed by atoms with Gasteiger partial charge < -0.3 is 10.2 Å². The van der Waals surface area contributed by atoms with Crippen LogP contribution in [0.3, 0.4) is 0 Å². The minimum Gasteiger partial charge on any atom is -0.322 e. The largest absolute Gasteiger partial charge is 0.322 e. The summed E-state index contributed by atoms with van der Waals surface area (Å²) >= 11 is 6.18.